The zero-order valence-electron chi connectivity index (χ0n) is 27.9. The van der Waals surface area contributed by atoms with Gasteiger partial charge in [-0.2, -0.15) is 0 Å². The quantitative estimate of drug-likeness (QED) is 0.133. The maximum absolute atomic E-state index is 12.0. The summed E-state index contributed by atoms with van der Waals surface area (Å²) in [5, 5.41) is 28.6. The number of benzene rings is 6. The van der Waals surface area contributed by atoms with Crippen LogP contribution < -0.4 is 0 Å². The molecule has 2 unspecified atom stereocenters. The highest BCUT2D eigenvalue weighted by molar-refractivity contribution is 6.13. The molecule has 0 spiro atoms. The Morgan fingerprint density at radius 1 is 0.519 bits per heavy atom. The molecular weight excluding hydrogens is 651 g/mol. The number of aromatic nitrogens is 3. The summed E-state index contributed by atoms with van der Waals surface area (Å²) in [7, 11) is 0. The third kappa shape index (κ3) is 4.16. The molecule has 3 heterocycles. The van der Waals surface area contributed by atoms with Crippen molar-refractivity contribution in [3.05, 3.63) is 171 Å². The Morgan fingerprint density at radius 2 is 1.04 bits per heavy atom. The highest BCUT2D eigenvalue weighted by Crippen LogP contribution is 2.42. The summed E-state index contributed by atoms with van der Waals surface area (Å²) < 4.78 is 6.68. The van der Waals surface area contributed by atoms with Gasteiger partial charge in [-0.1, -0.05) is 61.5 Å². The molecular formula is C43H29N5O4. The average Bonchev–Trinajstić information content (AvgIpc) is 3.80. The minimum Gasteiger partial charge on any atom is -0.310 e. The maximum Gasteiger partial charge on any atom is 0.270 e. The largest absolute Gasteiger partial charge is 0.310 e. The van der Waals surface area contributed by atoms with Crippen molar-refractivity contribution in [3.8, 4) is 17.1 Å². The molecule has 9 heteroatoms. The van der Waals surface area contributed by atoms with Crippen LogP contribution in [0, 0.1) is 20.2 Å². The zero-order chi connectivity index (χ0) is 35.2. The van der Waals surface area contributed by atoms with Crippen molar-refractivity contribution in [2.45, 2.75) is 18.9 Å². The number of para-hydroxylation sites is 3. The van der Waals surface area contributed by atoms with Crippen molar-refractivity contribution >= 4 is 66.3 Å². The number of nitrogens with zero attached hydrogens (tertiary/aromatic N) is 5. The Hall–Kier alpha value is -7.00. The first-order chi connectivity index (χ1) is 25.4. The van der Waals surface area contributed by atoms with Crippen molar-refractivity contribution in [1.29, 1.82) is 0 Å². The van der Waals surface area contributed by atoms with Gasteiger partial charge < -0.3 is 13.7 Å². The molecule has 0 aliphatic heterocycles. The van der Waals surface area contributed by atoms with Crippen LogP contribution in [0.1, 0.15) is 24.1 Å². The molecule has 1 aliphatic rings. The Balaban J connectivity index is 1.26. The monoisotopic (exact) mass is 679 g/mol. The second kappa shape index (κ2) is 11.0. The lowest BCUT2D eigenvalue weighted by atomic mass is 9.87. The van der Waals surface area contributed by atoms with E-state index in [0.29, 0.717) is 0 Å². The third-order valence-electron chi connectivity index (χ3n) is 10.7. The van der Waals surface area contributed by atoms with E-state index >= 15 is 0 Å². The number of fused-ring (bicyclic) bond motifs is 9. The highest BCUT2D eigenvalue weighted by atomic mass is 16.6. The summed E-state index contributed by atoms with van der Waals surface area (Å²) in [6.07, 6.45) is 3.62. The predicted molar refractivity (Wildman–Crippen MR) is 207 cm³/mol. The van der Waals surface area contributed by atoms with Crippen LogP contribution in [0.2, 0.25) is 0 Å². The van der Waals surface area contributed by atoms with E-state index in [1.165, 1.54) is 0 Å². The number of hydrogen-bond acceptors (Lipinski definition) is 4. The van der Waals surface area contributed by atoms with Crippen LogP contribution in [0.5, 0.6) is 0 Å². The fourth-order valence-corrected chi connectivity index (χ4v) is 8.47. The van der Waals surface area contributed by atoms with Gasteiger partial charge in [0.15, 0.2) is 0 Å². The predicted octanol–water partition coefficient (Wildman–Crippen LogP) is 10.5. The third-order valence-corrected chi connectivity index (χ3v) is 10.7. The average molecular weight is 680 g/mol. The molecule has 0 bridgehead atoms. The Bertz CT molecular complexity index is 3000. The first-order valence-corrected chi connectivity index (χ1v) is 17.2. The van der Waals surface area contributed by atoms with E-state index in [0.717, 1.165) is 82.8 Å². The second-order valence-electron chi connectivity index (χ2n) is 13.5. The van der Waals surface area contributed by atoms with Gasteiger partial charge >= 0.3 is 0 Å². The summed E-state index contributed by atoms with van der Waals surface area (Å²) in [6.45, 7) is 1.94. The highest BCUT2D eigenvalue weighted by Gasteiger charge is 2.35. The van der Waals surface area contributed by atoms with E-state index in [1.807, 2.05) is 67.6 Å². The second-order valence-corrected chi connectivity index (χ2v) is 13.5. The maximum atomic E-state index is 12.0. The van der Waals surface area contributed by atoms with Crippen LogP contribution in [0.4, 0.5) is 5.69 Å². The van der Waals surface area contributed by atoms with Crippen LogP contribution in [-0.2, 0) is 0 Å². The molecule has 1 aliphatic carbocycles. The van der Waals surface area contributed by atoms with Crippen molar-refractivity contribution in [1.82, 2.24) is 13.7 Å². The summed E-state index contributed by atoms with van der Waals surface area (Å²) in [6, 6.07) is 43.7. The van der Waals surface area contributed by atoms with Gasteiger partial charge in [-0.05, 0) is 84.4 Å². The molecule has 3 aromatic heterocycles. The Kier molecular flexibility index (Phi) is 6.32. The van der Waals surface area contributed by atoms with Crippen LogP contribution in [0.3, 0.4) is 0 Å². The lowest BCUT2D eigenvalue weighted by molar-refractivity contribution is -0.512. The first-order valence-electron chi connectivity index (χ1n) is 17.2. The fraction of sp³-hybridized carbons (Fsp3) is 0.0698. The molecule has 0 fully saturated rings. The summed E-state index contributed by atoms with van der Waals surface area (Å²) in [4.78, 5) is 23.2. The van der Waals surface area contributed by atoms with Crippen LogP contribution in [0.15, 0.2) is 140 Å². The molecule has 9 aromatic rings. The number of nitro groups is 2. The van der Waals surface area contributed by atoms with Crippen molar-refractivity contribution in [2.24, 2.45) is 0 Å². The lowest BCUT2D eigenvalue weighted by Gasteiger charge is -2.20. The van der Waals surface area contributed by atoms with Crippen LogP contribution in [0.25, 0.3) is 77.7 Å². The molecule has 0 saturated heterocycles. The molecule has 9 nitrogen and oxygen atoms in total. The molecule has 10 rings (SSSR count). The van der Waals surface area contributed by atoms with Gasteiger partial charge in [0.1, 0.15) is 0 Å². The first kappa shape index (κ1) is 29.9. The van der Waals surface area contributed by atoms with Gasteiger partial charge in [0.05, 0.1) is 44.1 Å². The number of non-ortho nitro benzene ring substituents is 1. The number of nitro benzene ring substituents is 1. The van der Waals surface area contributed by atoms with Gasteiger partial charge in [0.25, 0.3) is 5.69 Å². The molecule has 0 amide bonds. The molecule has 0 N–H and O–H groups in total. The molecule has 0 saturated carbocycles. The van der Waals surface area contributed by atoms with Crippen molar-refractivity contribution in [2.75, 3.05) is 0 Å². The summed E-state index contributed by atoms with van der Waals surface area (Å²) >= 11 is 0. The van der Waals surface area contributed by atoms with Gasteiger partial charge in [0, 0.05) is 61.0 Å². The standard InChI is InChI=1S/C43H29N5O4/c1-26-36(48(51)52)21-22-42-43(26)32-12-6-8-14-38(32)46(42)29-16-19-41-35(24-29)34-23-28(15-18-40(34)44(41)27-9-3-2-4-10-27)45-37-13-7-5-11-31(37)33-25-30(47(49)50)17-20-39(33)45/h2-26,36H,1H3. The fourth-order valence-electron chi connectivity index (χ4n) is 8.47. The van der Waals surface area contributed by atoms with Gasteiger partial charge in [0.2, 0.25) is 6.04 Å². The van der Waals surface area contributed by atoms with E-state index in [4.69, 9.17) is 0 Å². The smallest absolute Gasteiger partial charge is 0.270 e. The van der Waals surface area contributed by atoms with Gasteiger partial charge in [-0.3, -0.25) is 20.2 Å². The number of hydrogen-bond donors (Lipinski definition) is 0. The topological polar surface area (TPSA) is 101 Å². The van der Waals surface area contributed by atoms with Crippen LogP contribution >= 0.6 is 0 Å². The van der Waals surface area contributed by atoms with Gasteiger partial charge in [-0.15, -0.1) is 0 Å². The Labute approximate surface area is 296 Å². The summed E-state index contributed by atoms with van der Waals surface area (Å²) in [5.41, 5.74) is 9.88. The molecule has 2 atom stereocenters. The van der Waals surface area contributed by atoms with E-state index < -0.39 is 6.04 Å². The van der Waals surface area contributed by atoms with Crippen molar-refractivity contribution < 1.29 is 9.85 Å². The van der Waals surface area contributed by atoms with Crippen LogP contribution in [-0.4, -0.2) is 29.6 Å². The van der Waals surface area contributed by atoms with Crippen molar-refractivity contribution in [3.63, 3.8) is 0 Å². The minimum atomic E-state index is -0.788. The minimum absolute atomic E-state index is 0.0576. The molecule has 0 radical (unpaired) electrons. The normalized spacial score (nSPS) is 15.6. The molecule has 52 heavy (non-hydrogen) atoms. The van der Waals surface area contributed by atoms with Gasteiger partial charge in [-0.25, -0.2) is 0 Å². The van der Waals surface area contributed by atoms with E-state index in [1.54, 1.807) is 18.2 Å². The van der Waals surface area contributed by atoms with E-state index in [-0.39, 0.29) is 21.5 Å². The number of rotatable bonds is 5. The van der Waals surface area contributed by atoms with E-state index in [2.05, 4.69) is 80.4 Å². The summed E-state index contributed by atoms with van der Waals surface area (Å²) in [5.74, 6) is -0.292. The zero-order valence-corrected chi connectivity index (χ0v) is 27.9. The molecule has 250 valence electrons. The Morgan fingerprint density at radius 3 is 1.69 bits per heavy atom. The lowest BCUT2D eigenvalue weighted by Crippen LogP contribution is -2.26. The SMILES string of the molecule is CC1c2c(n(-c3ccc4c(c3)c3cc(-n5c6ccccc6c6cc([N+](=O)[O-])ccc65)ccc3n4-c3ccccc3)c3ccccc23)C=CC1[N+](=O)[O-]. The van der Waals surface area contributed by atoms with E-state index in [9.17, 15) is 20.2 Å². The molecule has 6 aromatic carbocycles.